The molecule has 31 heavy (non-hydrogen) atoms. The summed E-state index contributed by atoms with van der Waals surface area (Å²) in [6.45, 7) is 4.86. The molecule has 1 fully saturated rings. The number of nitriles is 1. The molecular formula is C23H27N5O2S. The Morgan fingerprint density at radius 3 is 2.87 bits per heavy atom. The number of H-pyrrole nitrogens is 1. The molecule has 3 heterocycles. The quantitative estimate of drug-likeness (QED) is 0.657. The third kappa shape index (κ3) is 3.80. The van der Waals surface area contributed by atoms with Gasteiger partial charge in [-0.25, -0.2) is 13.4 Å². The number of benzene rings is 1. The summed E-state index contributed by atoms with van der Waals surface area (Å²) in [5, 5.41) is 10.3. The van der Waals surface area contributed by atoms with E-state index in [1.807, 2.05) is 32.3 Å². The van der Waals surface area contributed by atoms with E-state index in [0.29, 0.717) is 24.6 Å². The van der Waals surface area contributed by atoms with Gasteiger partial charge in [0, 0.05) is 49.6 Å². The first-order chi connectivity index (χ1) is 14.9. The molecule has 2 aromatic heterocycles. The van der Waals surface area contributed by atoms with E-state index < -0.39 is 10.0 Å². The number of anilines is 1. The van der Waals surface area contributed by atoms with E-state index in [4.69, 9.17) is 0 Å². The van der Waals surface area contributed by atoms with Gasteiger partial charge >= 0.3 is 0 Å². The molecule has 0 bridgehead atoms. The SMILES string of the molecule is CC[C@@H]1CCN(S(=O)(=O)c2ccc(C)c(C#N)c2)C[C@@H]1N(C)c1ccnc2[nH]ccc12. The molecule has 7 nitrogen and oxygen atoms in total. The number of nitrogens with zero attached hydrogens (tertiary/aromatic N) is 4. The average Bonchev–Trinajstić information content (AvgIpc) is 3.27. The fourth-order valence-electron chi connectivity index (χ4n) is 4.55. The van der Waals surface area contributed by atoms with Gasteiger partial charge in [0.1, 0.15) is 5.65 Å². The molecular weight excluding hydrogens is 410 g/mol. The normalized spacial score (nSPS) is 19.9. The van der Waals surface area contributed by atoms with Crippen molar-refractivity contribution in [2.24, 2.45) is 5.92 Å². The van der Waals surface area contributed by atoms with E-state index in [2.05, 4.69) is 27.9 Å². The highest BCUT2D eigenvalue weighted by molar-refractivity contribution is 7.89. The Hall–Kier alpha value is -2.89. The molecule has 1 N–H and O–H groups in total. The largest absolute Gasteiger partial charge is 0.369 e. The molecule has 1 aliphatic heterocycles. The lowest BCUT2D eigenvalue weighted by atomic mass is 9.89. The zero-order valence-electron chi connectivity index (χ0n) is 18.0. The van der Waals surface area contributed by atoms with Crippen LogP contribution in [0, 0.1) is 24.2 Å². The summed E-state index contributed by atoms with van der Waals surface area (Å²) >= 11 is 0. The number of aryl methyl sites for hydroxylation is 1. The summed E-state index contributed by atoms with van der Waals surface area (Å²) in [6, 6.07) is 10.9. The van der Waals surface area contributed by atoms with Gasteiger partial charge < -0.3 is 9.88 Å². The number of aromatic nitrogens is 2. The second kappa shape index (κ2) is 8.33. The number of piperidine rings is 1. The zero-order valence-corrected chi connectivity index (χ0v) is 18.9. The van der Waals surface area contributed by atoms with Gasteiger partial charge in [-0.1, -0.05) is 19.4 Å². The number of pyridine rings is 1. The first-order valence-corrected chi connectivity index (χ1v) is 12.0. The molecule has 1 saturated heterocycles. The minimum atomic E-state index is -3.69. The highest BCUT2D eigenvalue weighted by Gasteiger charge is 2.37. The van der Waals surface area contributed by atoms with Crippen molar-refractivity contribution in [3.8, 4) is 6.07 Å². The highest BCUT2D eigenvalue weighted by Crippen LogP contribution is 2.33. The van der Waals surface area contributed by atoms with E-state index in [1.165, 1.54) is 6.07 Å². The third-order valence-corrected chi connectivity index (χ3v) is 8.35. The van der Waals surface area contributed by atoms with E-state index in [-0.39, 0.29) is 10.9 Å². The predicted molar refractivity (Wildman–Crippen MR) is 121 cm³/mol. The fraction of sp³-hybridized carbons (Fsp3) is 0.391. The van der Waals surface area contributed by atoms with Crippen LogP contribution in [0.5, 0.6) is 0 Å². The molecule has 0 spiro atoms. The Kier molecular flexibility index (Phi) is 5.73. The van der Waals surface area contributed by atoms with Gasteiger partial charge in [-0.05, 0) is 49.1 Å². The number of rotatable bonds is 5. The van der Waals surface area contributed by atoms with Gasteiger partial charge in [-0.3, -0.25) is 0 Å². The smallest absolute Gasteiger partial charge is 0.243 e. The highest BCUT2D eigenvalue weighted by atomic mass is 32.2. The Morgan fingerprint density at radius 2 is 2.13 bits per heavy atom. The number of aromatic amines is 1. The monoisotopic (exact) mass is 437 g/mol. The van der Waals surface area contributed by atoms with Crippen LogP contribution in [0.1, 0.15) is 30.9 Å². The standard InChI is InChI=1S/C23H27N5O2S/c1-4-17-9-12-28(31(29,30)19-6-5-16(2)18(13-19)14-24)15-22(17)27(3)21-8-11-26-23-20(21)7-10-25-23/h5-8,10-11,13,17,22H,4,9,12,15H2,1-3H3,(H,25,26)/t17-,22+/m1/s1. The number of hydrogen-bond acceptors (Lipinski definition) is 5. The van der Waals surface area contributed by atoms with Crippen LogP contribution in [0.4, 0.5) is 5.69 Å². The lowest BCUT2D eigenvalue weighted by molar-refractivity contribution is 0.229. The van der Waals surface area contributed by atoms with Gasteiger partial charge in [0.2, 0.25) is 10.0 Å². The molecule has 1 aliphatic rings. The molecule has 8 heteroatoms. The van der Waals surface area contributed by atoms with Crippen LogP contribution in [-0.4, -0.2) is 48.9 Å². The van der Waals surface area contributed by atoms with E-state index in [9.17, 15) is 13.7 Å². The van der Waals surface area contributed by atoms with Crippen molar-refractivity contribution in [1.82, 2.24) is 14.3 Å². The van der Waals surface area contributed by atoms with Crippen molar-refractivity contribution in [2.45, 2.75) is 37.6 Å². The predicted octanol–water partition coefficient (Wildman–Crippen LogP) is 3.67. The van der Waals surface area contributed by atoms with Gasteiger partial charge in [-0.2, -0.15) is 9.57 Å². The molecule has 1 aromatic carbocycles. The molecule has 0 aliphatic carbocycles. The summed E-state index contributed by atoms with van der Waals surface area (Å²) in [5.41, 5.74) is 3.03. The summed E-state index contributed by atoms with van der Waals surface area (Å²) in [5.74, 6) is 0.381. The topological polar surface area (TPSA) is 93.1 Å². The molecule has 3 aromatic rings. The van der Waals surface area contributed by atoms with E-state index in [0.717, 1.165) is 35.1 Å². The minimum Gasteiger partial charge on any atom is -0.369 e. The number of likely N-dealkylation sites (N-methyl/N-ethyl adjacent to an activating group) is 1. The second-order valence-corrected chi connectivity index (χ2v) is 10.1. The maximum Gasteiger partial charge on any atom is 0.243 e. The number of hydrogen-bond donors (Lipinski definition) is 1. The van der Waals surface area contributed by atoms with Crippen LogP contribution < -0.4 is 4.90 Å². The average molecular weight is 438 g/mol. The summed E-state index contributed by atoms with van der Waals surface area (Å²) < 4.78 is 28.4. The number of nitrogens with one attached hydrogen (secondary N) is 1. The first-order valence-electron chi connectivity index (χ1n) is 10.5. The minimum absolute atomic E-state index is 0.0370. The van der Waals surface area contributed by atoms with Crippen molar-refractivity contribution >= 4 is 26.7 Å². The van der Waals surface area contributed by atoms with E-state index >= 15 is 0 Å². The first kappa shape index (κ1) is 21.3. The number of sulfonamides is 1. The molecule has 0 unspecified atom stereocenters. The molecule has 4 rings (SSSR count). The van der Waals surface area contributed by atoms with Crippen LogP contribution in [0.3, 0.4) is 0 Å². The second-order valence-electron chi connectivity index (χ2n) is 8.16. The lowest BCUT2D eigenvalue weighted by Crippen LogP contribution is -2.53. The zero-order chi connectivity index (χ0) is 22.2. The summed E-state index contributed by atoms with van der Waals surface area (Å²) in [7, 11) is -1.65. The molecule has 0 saturated carbocycles. The maximum absolute atomic E-state index is 13.4. The Morgan fingerprint density at radius 1 is 1.32 bits per heavy atom. The van der Waals surface area contributed by atoms with Crippen molar-refractivity contribution in [1.29, 1.82) is 5.26 Å². The molecule has 162 valence electrons. The van der Waals surface area contributed by atoms with Crippen molar-refractivity contribution in [2.75, 3.05) is 25.0 Å². The van der Waals surface area contributed by atoms with Gasteiger partial charge in [-0.15, -0.1) is 0 Å². The van der Waals surface area contributed by atoms with Crippen molar-refractivity contribution in [3.63, 3.8) is 0 Å². The fourth-order valence-corrected chi connectivity index (χ4v) is 6.05. The number of fused-ring (bicyclic) bond motifs is 1. The van der Waals surface area contributed by atoms with E-state index in [1.54, 1.807) is 22.6 Å². The van der Waals surface area contributed by atoms with Crippen LogP contribution >= 0.6 is 0 Å². The maximum atomic E-state index is 13.4. The van der Waals surface area contributed by atoms with Crippen LogP contribution in [0.2, 0.25) is 0 Å². The molecule has 0 radical (unpaired) electrons. The van der Waals surface area contributed by atoms with Gasteiger partial charge in [0.05, 0.1) is 16.5 Å². The Bertz CT molecular complexity index is 1240. The third-order valence-electron chi connectivity index (χ3n) is 6.49. The van der Waals surface area contributed by atoms with Crippen LogP contribution in [0.25, 0.3) is 11.0 Å². The molecule has 0 amide bonds. The summed E-state index contributed by atoms with van der Waals surface area (Å²) in [6.07, 6.45) is 5.42. The lowest BCUT2D eigenvalue weighted by Gasteiger charge is -2.43. The van der Waals surface area contributed by atoms with Crippen molar-refractivity contribution < 1.29 is 8.42 Å². The van der Waals surface area contributed by atoms with Gasteiger partial charge in [0.15, 0.2) is 0 Å². The van der Waals surface area contributed by atoms with Crippen molar-refractivity contribution in [3.05, 3.63) is 53.9 Å². The Labute approximate surface area is 183 Å². The molecule has 2 atom stereocenters. The Balaban J connectivity index is 1.67. The van der Waals surface area contributed by atoms with Crippen LogP contribution in [0.15, 0.2) is 47.6 Å². The van der Waals surface area contributed by atoms with Crippen LogP contribution in [-0.2, 0) is 10.0 Å². The summed E-state index contributed by atoms with van der Waals surface area (Å²) in [4.78, 5) is 9.89. The van der Waals surface area contributed by atoms with Gasteiger partial charge in [0.25, 0.3) is 0 Å².